The van der Waals surface area contributed by atoms with Gasteiger partial charge in [-0.25, -0.2) is 0 Å². The number of thiol groups is 1. The lowest BCUT2D eigenvalue weighted by Crippen LogP contribution is -2.09. The standard InChI is InChI=1S/C5H9NOS/c1-2-3-4(8)5(6)7/h3,8H,2H2,1H3,(H2,6,7)/b4-3+. The molecule has 2 N–H and O–H groups in total. The van der Waals surface area contributed by atoms with Gasteiger partial charge in [0.2, 0.25) is 0 Å². The summed E-state index contributed by atoms with van der Waals surface area (Å²) in [5, 5.41) is 0. The lowest BCUT2D eigenvalue weighted by atomic mass is 10.4. The van der Waals surface area contributed by atoms with Gasteiger partial charge in [0.05, 0.1) is 4.91 Å². The Morgan fingerprint density at radius 1 is 1.88 bits per heavy atom. The van der Waals surface area contributed by atoms with E-state index in [1.54, 1.807) is 6.08 Å². The zero-order valence-corrected chi connectivity index (χ0v) is 5.61. The Bertz CT molecular complexity index is 120. The van der Waals surface area contributed by atoms with Crippen LogP contribution in [-0.4, -0.2) is 5.91 Å². The van der Waals surface area contributed by atoms with Crippen LogP contribution >= 0.6 is 12.6 Å². The van der Waals surface area contributed by atoms with Crippen LogP contribution in [0, 0.1) is 0 Å². The van der Waals surface area contributed by atoms with Crippen LogP contribution in [0.15, 0.2) is 11.0 Å². The van der Waals surface area contributed by atoms with Crippen molar-refractivity contribution >= 4 is 18.5 Å². The molecule has 0 saturated heterocycles. The number of rotatable bonds is 2. The highest BCUT2D eigenvalue weighted by Crippen LogP contribution is 1.98. The monoisotopic (exact) mass is 131 g/mol. The number of carbonyl (C=O) groups excluding carboxylic acids is 1. The van der Waals surface area contributed by atoms with E-state index < -0.39 is 5.91 Å². The molecule has 8 heavy (non-hydrogen) atoms. The van der Waals surface area contributed by atoms with E-state index >= 15 is 0 Å². The van der Waals surface area contributed by atoms with Crippen LogP contribution in [0.25, 0.3) is 0 Å². The first-order valence-corrected chi connectivity index (χ1v) is 2.82. The minimum absolute atomic E-state index is 0.340. The molecule has 2 nitrogen and oxygen atoms in total. The molecule has 0 fully saturated rings. The summed E-state index contributed by atoms with van der Waals surface area (Å²) in [6, 6.07) is 0. The number of allylic oxidation sites excluding steroid dienone is 1. The molecule has 0 aromatic carbocycles. The molecule has 0 atom stereocenters. The van der Waals surface area contributed by atoms with Crippen LogP contribution in [0.3, 0.4) is 0 Å². The molecule has 0 radical (unpaired) electrons. The van der Waals surface area contributed by atoms with Crippen LogP contribution < -0.4 is 5.73 Å². The van der Waals surface area contributed by atoms with Crippen molar-refractivity contribution in [1.82, 2.24) is 0 Å². The van der Waals surface area contributed by atoms with Crippen molar-refractivity contribution in [2.75, 3.05) is 0 Å². The number of nitrogens with two attached hydrogens (primary N) is 1. The highest BCUT2D eigenvalue weighted by Gasteiger charge is 1.93. The molecule has 0 rings (SSSR count). The zero-order chi connectivity index (χ0) is 6.57. The number of amides is 1. The third-order valence-electron chi connectivity index (χ3n) is 0.650. The Hall–Kier alpha value is -0.440. The molecule has 0 unspecified atom stereocenters. The fraction of sp³-hybridized carbons (Fsp3) is 0.400. The number of carbonyl (C=O) groups is 1. The number of hydrogen-bond donors (Lipinski definition) is 2. The van der Waals surface area contributed by atoms with Gasteiger partial charge in [0.1, 0.15) is 0 Å². The summed E-state index contributed by atoms with van der Waals surface area (Å²) >= 11 is 3.79. The summed E-state index contributed by atoms with van der Waals surface area (Å²) in [5.74, 6) is -0.463. The normalized spacial score (nSPS) is 11.5. The molecule has 0 aliphatic heterocycles. The van der Waals surface area contributed by atoms with Crippen LogP contribution in [0.4, 0.5) is 0 Å². The minimum atomic E-state index is -0.463. The molecule has 0 aliphatic carbocycles. The van der Waals surface area contributed by atoms with Gasteiger partial charge in [-0.2, -0.15) is 0 Å². The molecule has 1 amide bonds. The highest BCUT2D eigenvalue weighted by atomic mass is 32.1. The van der Waals surface area contributed by atoms with Gasteiger partial charge >= 0.3 is 0 Å². The predicted molar refractivity (Wildman–Crippen MR) is 36.6 cm³/mol. The molecule has 0 spiro atoms. The van der Waals surface area contributed by atoms with Gasteiger partial charge in [-0.1, -0.05) is 13.0 Å². The molecule has 3 heteroatoms. The Morgan fingerprint density at radius 3 is 2.50 bits per heavy atom. The third kappa shape index (κ3) is 2.69. The summed E-state index contributed by atoms with van der Waals surface area (Å²) in [7, 11) is 0. The average Bonchev–Trinajstić information content (AvgIpc) is 1.67. The maximum Gasteiger partial charge on any atom is 0.254 e. The molecule has 46 valence electrons. The van der Waals surface area contributed by atoms with Crippen molar-refractivity contribution in [3.63, 3.8) is 0 Å². The molecule has 0 saturated carbocycles. The van der Waals surface area contributed by atoms with Crippen molar-refractivity contribution in [1.29, 1.82) is 0 Å². The number of hydrogen-bond acceptors (Lipinski definition) is 2. The maximum absolute atomic E-state index is 10.2. The second-order valence-corrected chi connectivity index (χ2v) is 1.84. The lowest BCUT2D eigenvalue weighted by Gasteiger charge is -1.87. The van der Waals surface area contributed by atoms with Crippen LogP contribution in [0.1, 0.15) is 13.3 Å². The summed E-state index contributed by atoms with van der Waals surface area (Å²) in [6.07, 6.45) is 2.47. The average molecular weight is 131 g/mol. The third-order valence-corrected chi connectivity index (χ3v) is 1.05. The van der Waals surface area contributed by atoms with E-state index in [-0.39, 0.29) is 0 Å². The predicted octanol–water partition coefficient (Wildman–Crippen LogP) is 0.695. The minimum Gasteiger partial charge on any atom is -0.365 e. The van der Waals surface area contributed by atoms with Crippen LogP contribution in [-0.2, 0) is 4.79 Å². The molecular weight excluding hydrogens is 122 g/mol. The summed E-state index contributed by atoms with van der Waals surface area (Å²) in [4.78, 5) is 10.5. The topological polar surface area (TPSA) is 43.1 Å². The molecule has 0 bridgehead atoms. The van der Waals surface area contributed by atoms with Gasteiger partial charge in [0, 0.05) is 0 Å². The molecule has 0 aromatic rings. The first kappa shape index (κ1) is 7.56. The van der Waals surface area contributed by atoms with Gasteiger partial charge in [-0.3, -0.25) is 4.79 Å². The van der Waals surface area contributed by atoms with Crippen molar-refractivity contribution in [3.8, 4) is 0 Å². The fourth-order valence-corrected chi connectivity index (χ4v) is 0.477. The van der Waals surface area contributed by atoms with E-state index in [0.717, 1.165) is 6.42 Å². The molecule has 0 heterocycles. The first-order valence-electron chi connectivity index (χ1n) is 2.37. The zero-order valence-electron chi connectivity index (χ0n) is 4.72. The van der Waals surface area contributed by atoms with Crippen molar-refractivity contribution < 1.29 is 4.79 Å². The van der Waals surface area contributed by atoms with E-state index in [2.05, 4.69) is 12.6 Å². The van der Waals surface area contributed by atoms with E-state index in [4.69, 9.17) is 5.73 Å². The van der Waals surface area contributed by atoms with Crippen molar-refractivity contribution in [2.45, 2.75) is 13.3 Å². The van der Waals surface area contributed by atoms with Crippen LogP contribution in [0.5, 0.6) is 0 Å². The number of primary amides is 1. The Labute approximate surface area is 54.2 Å². The first-order chi connectivity index (χ1) is 3.68. The Kier molecular flexibility index (Phi) is 3.35. The SMILES string of the molecule is CC/C=C(/S)C(N)=O. The van der Waals surface area contributed by atoms with E-state index in [1.165, 1.54) is 0 Å². The van der Waals surface area contributed by atoms with E-state index in [1.807, 2.05) is 6.92 Å². The molecule has 0 aromatic heterocycles. The van der Waals surface area contributed by atoms with Gasteiger partial charge < -0.3 is 5.73 Å². The van der Waals surface area contributed by atoms with Crippen molar-refractivity contribution in [2.24, 2.45) is 5.73 Å². The highest BCUT2D eigenvalue weighted by molar-refractivity contribution is 7.85. The van der Waals surface area contributed by atoms with Gasteiger partial charge in [0.25, 0.3) is 5.91 Å². The summed E-state index contributed by atoms with van der Waals surface area (Å²) in [5.41, 5.74) is 4.84. The molecular formula is C5H9NOS. The van der Waals surface area contributed by atoms with Gasteiger partial charge in [0.15, 0.2) is 0 Å². The summed E-state index contributed by atoms with van der Waals surface area (Å²) in [6.45, 7) is 1.92. The van der Waals surface area contributed by atoms with Crippen molar-refractivity contribution in [3.05, 3.63) is 11.0 Å². The largest absolute Gasteiger partial charge is 0.365 e. The van der Waals surface area contributed by atoms with E-state index in [0.29, 0.717) is 4.91 Å². The van der Waals surface area contributed by atoms with Gasteiger partial charge in [-0.05, 0) is 6.42 Å². The molecule has 0 aliphatic rings. The lowest BCUT2D eigenvalue weighted by molar-refractivity contribution is -0.113. The second kappa shape index (κ2) is 3.55. The van der Waals surface area contributed by atoms with E-state index in [9.17, 15) is 4.79 Å². The maximum atomic E-state index is 10.2. The second-order valence-electron chi connectivity index (χ2n) is 1.36. The Balaban J connectivity index is 3.80. The fourth-order valence-electron chi connectivity index (χ4n) is 0.294. The van der Waals surface area contributed by atoms with Gasteiger partial charge in [-0.15, -0.1) is 12.6 Å². The Morgan fingerprint density at radius 2 is 2.38 bits per heavy atom. The van der Waals surface area contributed by atoms with Crippen LogP contribution in [0.2, 0.25) is 0 Å². The smallest absolute Gasteiger partial charge is 0.254 e. The quantitative estimate of drug-likeness (QED) is 0.420. The summed E-state index contributed by atoms with van der Waals surface area (Å²) < 4.78 is 0.